The molecule has 3 rings (SSSR count). The molecule has 1 aliphatic carbocycles. The van der Waals surface area contributed by atoms with Crippen molar-refractivity contribution in [3.05, 3.63) is 23.3 Å². The lowest BCUT2D eigenvalue weighted by atomic mass is 9.79. The summed E-state index contributed by atoms with van der Waals surface area (Å²) in [6.45, 7) is 4.00. The zero-order valence-corrected chi connectivity index (χ0v) is 13.2. The average Bonchev–Trinajstić information content (AvgIpc) is 2.48. The molecule has 0 amide bonds. The van der Waals surface area contributed by atoms with Gasteiger partial charge in [0.15, 0.2) is 0 Å². The highest BCUT2D eigenvalue weighted by Crippen LogP contribution is 2.40. The first-order chi connectivity index (χ1) is 10.5. The van der Waals surface area contributed by atoms with E-state index in [0.717, 1.165) is 42.9 Å². The summed E-state index contributed by atoms with van der Waals surface area (Å²) in [4.78, 5) is 15.3. The quantitative estimate of drug-likeness (QED) is 0.783. The van der Waals surface area contributed by atoms with Gasteiger partial charge in [-0.2, -0.15) is 0 Å². The molecule has 1 heterocycles. The minimum absolute atomic E-state index is 0.189. The zero-order chi connectivity index (χ0) is 15.7. The number of amidine groups is 1. The van der Waals surface area contributed by atoms with Crippen LogP contribution in [0.15, 0.2) is 17.1 Å². The summed E-state index contributed by atoms with van der Waals surface area (Å²) < 4.78 is 0. The van der Waals surface area contributed by atoms with Gasteiger partial charge in [0, 0.05) is 0 Å². The van der Waals surface area contributed by atoms with Gasteiger partial charge >= 0.3 is 5.97 Å². The largest absolute Gasteiger partial charge is 0.480 e. The Bertz CT molecular complexity index is 631. The second kappa shape index (κ2) is 5.63. The molecule has 1 spiro atoms. The fourth-order valence-corrected chi connectivity index (χ4v) is 3.44. The lowest BCUT2D eigenvalue weighted by molar-refractivity contribution is -0.135. The number of benzene rings is 1. The van der Waals surface area contributed by atoms with Gasteiger partial charge in [-0.1, -0.05) is 19.3 Å². The molecule has 5 heteroatoms. The van der Waals surface area contributed by atoms with Crippen LogP contribution in [-0.4, -0.2) is 29.0 Å². The van der Waals surface area contributed by atoms with E-state index in [2.05, 4.69) is 41.6 Å². The van der Waals surface area contributed by atoms with Crippen molar-refractivity contribution in [1.82, 2.24) is 0 Å². The number of carbonyl (C=O) groups is 1. The maximum atomic E-state index is 10.9. The van der Waals surface area contributed by atoms with Gasteiger partial charge in [0.25, 0.3) is 0 Å². The van der Waals surface area contributed by atoms with Crippen molar-refractivity contribution in [2.75, 3.05) is 17.2 Å². The van der Waals surface area contributed by atoms with Gasteiger partial charge in [0.05, 0.1) is 16.9 Å². The highest BCUT2D eigenvalue weighted by Gasteiger charge is 2.41. The topological polar surface area (TPSA) is 73.7 Å². The molecular weight excluding hydrogens is 278 g/mol. The molecule has 0 bridgehead atoms. The first kappa shape index (κ1) is 14.9. The van der Waals surface area contributed by atoms with E-state index in [-0.39, 0.29) is 12.1 Å². The number of aliphatic imine (C=N–C) groups is 1. The smallest absolute Gasteiger partial charge is 0.325 e. The molecule has 1 aromatic carbocycles. The summed E-state index contributed by atoms with van der Waals surface area (Å²) in [5, 5.41) is 16.0. The molecular formula is C17H23N3O2. The van der Waals surface area contributed by atoms with Gasteiger partial charge < -0.3 is 15.7 Å². The maximum absolute atomic E-state index is 10.9. The molecule has 1 aromatic rings. The minimum atomic E-state index is -0.897. The Morgan fingerprint density at radius 1 is 1.18 bits per heavy atom. The summed E-state index contributed by atoms with van der Waals surface area (Å²) in [6.07, 6.45) is 5.49. The van der Waals surface area contributed by atoms with Crippen molar-refractivity contribution in [3.8, 4) is 0 Å². The van der Waals surface area contributed by atoms with E-state index in [0.29, 0.717) is 0 Å². The molecule has 3 N–H and O–H groups in total. The van der Waals surface area contributed by atoms with Gasteiger partial charge in [-0.05, 0) is 49.9 Å². The summed E-state index contributed by atoms with van der Waals surface area (Å²) in [5.74, 6) is -0.114. The van der Waals surface area contributed by atoms with E-state index in [1.54, 1.807) is 0 Å². The number of nitrogens with one attached hydrogen (secondary N) is 2. The van der Waals surface area contributed by atoms with E-state index >= 15 is 0 Å². The first-order valence-corrected chi connectivity index (χ1v) is 7.93. The summed E-state index contributed by atoms with van der Waals surface area (Å²) in [6, 6.07) is 4.27. The van der Waals surface area contributed by atoms with E-state index in [4.69, 9.17) is 5.11 Å². The summed E-state index contributed by atoms with van der Waals surface area (Å²) in [5.41, 5.74) is 4.32. The molecule has 2 aliphatic rings. The molecule has 0 radical (unpaired) electrons. The number of hydrogen-bond donors (Lipinski definition) is 3. The average molecular weight is 301 g/mol. The van der Waals surface area contributed by atoms with Crippen LogP contribution in [0.5, 0.6) is 0 Å². The fraction of sp³-hybridized carbons (Fsp3) is 0.529. The van der Waals surface area contributed by atoms with E-state index in [1.165, 1.54) is 17.5 Å². The van der Waals surface area contributed by atoms with Crippen molar-refractivity contribution in [3.63, 3.8) is 0 Å². The molecule has 1 saturated carbocycles. The SMILES string of the molecule is Cc1cc2c(cc1C)NC1(CCCCC1)C(=NCC(=O)O)N2. The van der Waals surface area contributed by atoms with Gasteiger partial charge in [-0.3, -0.25) is 9.79 Å². The number of hydrogen-bond acceptors (Lipinski definition) is 3. The van der Waals surface area contributed by atoms with Crippen LogP contribution >= 0.6 is 0 Å². The Balaban J connectivity index is 2.01. The summed E-state index contributed by atoms with van der Waals surface area (Å²) in [7, 11) is 0. The molecule has 0 aromatic heterocycles. The maximum Gasteiger partial charge on any atom is 0.325 e. The van der Waals surface area contributed by atoms with Crippen molar-refractivity contribution >= 4 is 23.2 Å². The molecule has 5 nitrogen and oxygen atoms in total. The molecule has 118 valence electrons. The van der Waals surface area contributed by atoms with Crippen LogP contribution < -0.4 is 10.6 Å². The van der Waals surface area contributed by atoms with Crippen LogP contribution in [0, 0.1) is 13.8 Å². The van der Waals surface area contributed by atoms with Crippen molar-refractivity contribution in [2.24, 2.45) is 4.99 Å². The number of anilines is 2. The van der Waals surface area contributed by atoms with E-state index < -0.39 is 5.97 Å². The standard InChI is InChI=1S/C17H23N3O2/c1-11-8-13-14(9-12(11)2)20-17(6-4-3-5-7-17)16(19-13)18-10-15(21)22/h8-9,20H,3-7,10H2,1-2H3,(H,18,19)(H,21,22). The Labute approximate surface area is 130 Å². The Kier molecular flexibility index (Phi) is 3.81. The number of fused-ring (bicyclic) bond motifs is 1. The van der Waals surface area contributed by atoms with Crippen molar-refractivity contribution in [2.45, 2.75) is 51.5 Å². The highest BCUT2D eigenvalue weighted by molar-refractivity contribution is 6.10. The lowest BCUT2D eigenvalue weighted by Gasteiger charge is -2.44. The second-order valence-corrected chi connectivity index (χ2v) is 6.43. The third-order valence-corrected chi connectivity index (χ3v) is 4.79. The number of aryl methyl sites for hydroxylation is 2. The van der Waals surface area contributed by atoms with Crippen LogP contribution in [0.25, 0.3) is 0 Å². The normalized spacial score (nSPS) is 21.1. The third kappa shape index (κ3) is 2.67. The zero-order valence-electron chi connectivity index (χ0n) is 13.2. The van der Waals surface area contributed by atoms with Crippen LogP contribution in [0.4, 0.5) is 11.4 Å². The van der Waals surface area contributed by atoms with Crippen molar-refractivity contribution in [1.29, 1.82) is 0 Å². The molecule has 22 heavy (non-hydrogen) atoms. The lowest BCUT2D eigenvalue weighted by Crippen LogP contribution is -2.54. The Morgan fingerprint density at radius 3 is 2.45 bits per heavy atom. The van der Waals surface area contributed by atoms with Gasteiger partial charge in [-0.15, -0.1) is 0 Å². The van der Waals surface area contributed by atoms with Crippen LogP contribution in [0.2, 0.25) is 0 Å². The fourth-order valence-electron chi connectivity index (χ4n) is 3.44. The molecule has 0 unspecified atom stereocenters. The molecule has 0 atom stereocenters. The Hall–Kier alpha value is -2.04. The van der Waals surface area contributed by atoms with Crippen LogP contribution in [0.3, 0.4) is 0 Å². The first-order valence-electron chi connectivity index (χ1n) is 7.93. The molecule has 0 saturated heterocycles. The van der Waals surface area contributed by atoms with Gasteiger partial charge in [0.1, 0.15) is 12.4 Å². The molecule has 1 fully saturated rings. The summed E-state index contributed by atoms with van der Waals surface area (Å²) >= 11 is 0. The van der Waals surface area contributed by atoms with Gasteiger partial charge in [-0.25, -0.2) is 0 Å². The van der Waals surface area contributed by atoms with E-state index in [9.17, 15) is 4.79 Å². The number of aliphatic carboxylic acids is 1. The highest BCUT2D eigenvalue weighted by atomic mass is 16.4. The van der Waals surface area contributed by atoms with Crippen LogP contribution in [-0.2, 0) is 4.79 Å². The number of carboxylic acid groups (broad SMARTS) is 1. The van der Waals surface area contributed by atoms with E-state index in [1.807, 2.05) is 0 Å². The number of rotatable bonds is 2. The molecule has 1 aliphatic heterocycles. The minimum Gasteiger partial charge on any atom is -0.480 e. The third-order valence-electron chi connectivity index (χ3n) is 4.79. The second-order valence-electron chi connectivity index (χ2n) is 6.43. The predicted octanol–water partition coefficient (Wildman–Crippen LogP) is 3.33. The number of carboxylic acids is 1. The monoisotopic (exact) mass is 301 g/mol. The van der Waals surface area contributed by atoms with Crippen LogP contribution in [0.1, 0.15) is 43.2 Å². The number of nitrogens with zero attached hydrogens (tertiary/aromatic N) is 1. The predicted molar refractivity (Wildman–Crippen MR) is 88.9 cm³/mol. The Morgan fingerprint density at radius 2 is 1.82 bits per heavy atom. The van der Waals surface area contributed by atoms with Gasteiger partial charge in [0.2, 0.25) is 0 Å². The van der Waals surface area contributed by atoms with Crippen molar-refractivity contribution < 1.29 is 9.90 Å².